The molecule has 0 bridgehead atoms. The fourth-order valence-corrected chi connectivity index (χ4v) is 1.87. The van der Waals surface area contributed by atoms with Crippen LogP contribution in [0, 0.1) is 17.2 Å². The molecule has 3 atom stereocenters. The molecule has 1 saturated heterocycles. The number of nitrogens with zero attached hydrogens (tertiary/aromatic N) is 2. The van der Waals surface area contributed by atoms with Crippen LogP contribution in [0.4, 0.5) is 0 Å². The van der Waals surface area contributed by atoms with Crippen molar-refractivity contribution in [3.63, 3.8) is 0 Å². The number of rotatable bonds is 3. The van der Waals surface area contributed by atoms with E-state index in [0.29, 0.717) is 18.4 Å². The zero-order valence-electron chi connectivity index (χ0n) is 8.40. The van der Waals surface area contributed by atoms with Crippen LogP contribution in [0.1, 0.15) is 26.7 Å². The summed E-state index contributed by atoms with van der Waals surface area (Å²) in [5.41, 5.74) is 0. The lowest BCUT2D eigenvalue weighted by Gasteiger charge is -2.22. The summed E-state index contributed by atoms with van der Waals surface area (Å²) in [6.07, 6.45) is 1.44. The SMILES string of the molecule is CC(O)C1CCN(C(C)CC#N)C1. The van der Waals surface area contributed by atoms with Crippen LogP contribution in [-0.4, -0.2) is 35.2 Å². The van der Waals surface area contributed by atoms with E-state index in [9.17, 15) is 5.11 Å². The van der Waals surface area contributed by atoms with E-state index in [1.54, 1.807) is 0 Å². The molecule has 3 nitrogen and oxygen atoms in total. The van der Waals surface area contributed by atoms with Crippen LogP contribution in [0.3, 0.4) is 0 Å². The van der Waals surface area contributed by atoms with Gasteiger partial charge < -0.3 is 5.11 Å². The highest BCUT2D eigenvalue weighted by atomic mass is 16.3. The van der Waals surface area contributed by atoms with Crippen molar-refractivity contribution >= 4 is 0 Å². The average Bonchev–Trinajstić information content (AvgIpc) is 2.52. The monoisotopic (exact) mass is 182 g/mol. The van der Waals surface area contributed by atoms with Gasteiger partial charge in [-0.1, -0.05) is 0 Å². The highest BCUT2D eigenvalue weighted by Crippen LogP contribution is 2.22. The predicted molar refractivity (Wildman–Crippen MR) is 51.1 cm³/mol. The molecule has 1 heterocycles. The lowest BCUT2D eigenvalue weighted by molar-refractivity contribution is 0.123. The summed E-state index contributed by atoms with van der Waals surface area (Å²) in [7, 11) is 0. The number of hydrogen-bond acceptors (Lipinski definition) is 3. The summed E-state index contributed by atoms with van der Waals surface area (Å²) in [6, 6.07) is 2.53. The molecular weight excluding hydrogens is 164 g/mol. The van der Waals surface area contributed by atoms with Crippen LogP contribution in [0.2, 0.25) is 0 Å². The van der Waals surface area contributed by atoms with E-state index in [1.807, 2.05) is 6.92 Å². The molecule has 0 amide bonds. The Bertz CT molecular complexity index is 198. The number of aliphatic hydroxyl groups excluding tert-OH is 1. The molecule has 0 aliphatic carbocycles. The minimum atomic E-state index is -0.209. The van der Waals surface area contributed by atoms with Gasteiger partial charge >= 0.3 is 0 Å². The lowest BCUT2D eigenvalue weighted by Crippen LogP contribution is -2.31. The largest absolute Gasteiger partial charge is 0.393 e. The molecule has 3 heteroatoms. The van der Waals surface area contributed by atoms with Gasteiger partial charge in [-0.25, -0.2) is 0 Å². The zero-order chi connectivity index (χ0) is 9.84. The fraction of sp³-hybridized carbons (Fsp3) is 0.900. The van der Waals surface area contributed by atoms with Gasteiger partial charge in [0.25, 0.3) is 0 Å². The molecule has 1 N–H and O–H groups in total. The van der Waals surface area contributed by atoms with E-state index in [-0.39, 0.29) is 6.10 Å². The summed E-state index contributed by atoms with van der Waals surface area (Å²) in [5, 5.41) is 17.9. The van der Waals surface area contributed by atoms with Crippen molar-refractivity contribution in [1.82, 2.24) is 4.90 Å². The summed E-state index contributed by atoms with van der Waals surface area (Å²) in [5.74, 6) is 0.404. The fourth-order valence-electron chi connectivity index (χ4n) is 1.87. The van der Waals surface area contributed by atoms with Gasteiger partial charge in [-0.05, 0) is 32.7 Å². The first-order chi connectivity index (χ1) is 6.15. The molecule has 0 aromatic heterocycles. The van der Waals surface area contributed by atoms with Crippen molar-refractivity contribution in [2.75, 3.05) is 13.1 Å². The maximum Gasteiger partial charge on any atom is 0.0638 e. The van der Waals surface area contributed by atoms with Crippen LogP contribution in [0.5, 0.6) is 0 Å². The highest BCUT2D eigenvalue weighted by molar-refractivity contribution is 4.86. The van der Waals surface area contributed by atoms with E-state index in [0.717, 1.165) is 19.5 Å². The number of nitriles is 1. The molecule has 0 aromatic carbocycles. The van der Waals surface area contributed by atoms with E-state index in [2.05, 4.69) is 17.9 Å². The van der Waals surface area contributed by atoms with E-state index < -0.39 is 0 Å². The van der Waals surface area contributed by atoms with Crippen molar-refractivity contribution in [2.45, 2.75) is 38.8 Å². The van der Waals surface area contributed by atoms with Gasteiger partial charge in [-0.15, -0.1) is 0 Å². The second kappa shape index (κ2) is 4.59. The molecule has 13 heavy (non-hydrogen) atoms. The predicted octanol–water partition coefficient (Wildman–Crippen LogP) is 0.991. The Kier molecular flexibility index (Phi) is 3.71. The van der Waals surface area contributed by atoms with Gasteiger partial charge in [0, 0.05) is 12.6 Å². The van der Waals surface area contributed by atoms with Crippen molar-refractivity contribution in [2.24, 2.45) is 5.92 Å². The molecule has 1 aliphatic rings. The van der Waals surface area contributed by atoms with Gasteiger partial charge in [0.05, 0.1) is 18.6 Å². The second-order valence-electron chi connectivity index (χ2n) is 4.00. The number of hydrogen-bond donors (Lipinski definition) is 1. The first kappa shape index (κ1) is 10.5. The van der Waals surface area contributed by atoms with Crippen molar-refractivity contribution in [3.05, 3.63) is 0 Å². The first-order valence-corrected chi connectivity index (χ1v) is 4.94. The summed E-state index contributed by atoms with van der Waals surface area (Å²) < 4.78 is 0. The molecule has 0 radical (unpaired) electrons. The zero-order valence-corrected chi connectivity index (χ0v) is 8.40. The Morgan fingerprint density at radius 3 is 2.77 bits per heavy atom. The Balaban J connectivity index is 2.37. The van der Waals surface area contributed by atoms with Gasteiger partial charge in [0.1, 0.15) is 0 Å². The molecular formula is C10H18N2O. The first-order valence-electron chi connectivity index (χ1n) is 4.94. The van der Waals surface area contributed by atoms with Gasteiger partial charge in [0.15, 0.2) is 0 Å². The molecule has 0 aromatic rings. The van der Waals surface area contributed by atoms with Gasteiger partial charge in [-0.3, -0.25) is 4.90 Å². The van der Waals surface area contributed by atoms with E-state index in [1.165, 1.54) is 0 Å². The summed E-state index contributed by atoms with van der Waals surface area (Å²) >= 11 is 0. The molecule has 0 spiro atoms. The van der Waals surface area contributed by atoms with Crippen molar-refractivity contribution < 1.29 is 5.11 Å². The molecule has 74 valence electrons. The Labute approximate surface area is 80.0 Å². The minimum Gasteiger partial charge on any atom is -0.393 e. The Morgan fingerprint density at radius 2 is 2.31 bits per heavy atom. The molecule has 1 rings (SSSR count). The molecule has 1 aliphatic heterocycles. The molecule has 0 saturated carbocycles. The maximum atomic E-state index is 9.39. The summed E-state index contributed by atoms with van der Waals surface area (Å²) in [6.45, 7) is 5.90. The van der Waals surface area contributed by atoms with Crippen LogP contribution in [-0.2, 0) is 0 Å². The third-order valence-corrected chi connectivity index (χ3v) is 2.95. The van der Waals surface area contributed by atoms with Gasteiger partial charge in [-0.2, -0.15) is 5.26 Å². The third-order valence-electron chi connectivity index (χ3n) is 2.95. The smallest absolute Gasteiger partial charge is 0.0638 e. The van der Waals surface area contributed by atoms with E-state index >= 15 is 0 Å². The standard InChI is InChI=1S/C10H18N2O/c1-8(3-5-11)12-6-4-10(7-12)9(2)13/h8-10,13H,3-4,6-7H2,1-2H3. The van der Waals surface area contributed by atoms with E-state index in [4.69, 9.17) is 5.26 Å². The number of aliphatic hydroxyl groups is 1. The highest BCUT2D eigenvalue weighted by Gasteiger charge is 2.28. The van der Waals surface area contributed by atoms with Crippen molar-refractivity contribution in [1.29, 1.82) is 5.26 Å². The summed E-state index contributed by atoms with van der Waals surface area (Å²) in [4.78, 5) is 2.29. The average molecular weight is 182 g/mol. The minimum absolute atomic E-state index is 0.209. The third kappa shape index (κ3) is 2.68. The van der Waals surface area contributed by atoms with Gasteiger partial charge in [0.2, 0.25) is 0 Å². The second-order valence-corrected chi connectivity index (χ2v) is 4.00. The topological polar surface area (TPSA) is 47.3 Å². The molecule has 3 unspecified atom stereocenters. The van der Waals surface area contributed by atoms with Crippen LogP contribution < -0.4 is 0 Å². The van der Waals surface area contributed by atoms with Crippen LogP contribution in [0.25, 0.3) is 0 Å². The maximum absolute atomic E-state index is 9.39. The molecule has 1 fully saturated rings. The quantitative estimate of drug-likeness (QED) is 0.708. The Hall–Kier alpha value is -0.590. The normalized spacial score (nSPS) is 28.3. The van der Waals surface area contributed by atoms with Crippen LogP contribution >= 0.6 is 0 Å². The Morgan fingerprint density at radius 1 is 1.62 bits per heavy atom. The lowest BCUT2D eigenvalue weighted by atomic mass is 10.0. The van der Waals surface area contributed by atoms with Crippen LogP contribution in [0.15, 0.2) is 0 Å². The van der Waals surface area contributed by atoms with Crippen molar-refractivity contribution in [3.8, 4) is 6.07 Å². The number of likely N-dealkylation sites (tertiary alicyclic amines) is 1.